The van der Waals surface area contributed by atoms with E-state index in [0.29, 0.717) is 57.5 Å². The molecule has 6 heterocycles. The van der Waals surface area contributed by atoms with Crippen molar-refractivity contribution in [2.45, 2.75) is 52.3 Å². The summed E-state index contributed by atoms with van der Waals surface area (Å²) in [6, 6.07) is 14.5. The van der Waals surface area contributed by atoms with E-state index in [2.05, 4.69) is 63.9 Å². The second kappa shape index (κ2) is 19.6. The van der Waals surface area contributed by atoms with Gasteiger partial charge in [0.15, 0.2) is 11.3 Å². The van der Waals surface area contributed by atoms with E-state index in [1.54, 1.807) is 16.8 Å². The van der Waals surface area contributed by atoms with Gasteiger partial charge in [-0.2, -0.15) is 0 Å². The third kappa shape index (κ3) is 11.7. The minimum Gasteiger partial charge on any atom is -0.507 e. The van der Waals surface area contributed by atoms with Gasteiger partial charge in [-0.15, -0.1) is 36.5 Å². The van der Waals surface area contributed by atoms with Crippen LogP contribution >= 0.6 is 0 Å². The largest absolute Gasteiger partial charge is 0.573 e. The van der Waals surface area contributed by atoms with Crippen molar-refractivity contribution in [3.05, 3.63) is 73.1 Å². The summed E-state index contributed by atoms with van der Waals surface area (Å²) < 4.78 is 92.3. The Morgan fingerprint density at radius 3 is 1.52 bits per heavy atom. The van der Waals surface area contributed by atoms with Gasteiger partial charge in [-0.25, -0.2) is 19.0 Å². The molecular weight excluding hydrogens is 835 g/mol. The van der Waals surface area contributed by atoms with Crippen molar-refractivity contribution in [3.8, 4) is 45.5 Å². The molecule has 2 aromatic carbocycles. The van der Waals surface area contributed by atoms with E-state index in [0.717, 1.165) is 96.2 Å². The van der Waals surface area contributed by atoms with Crippen molar-refractivity contribution in [1.82, 2.24) is 39.0 Å². The number of halogens is 6. The Hall–Kier alpha value is -6.02. The highest BCUT2D eigenvalue weighted by Gasteiger charge is 2.32. The van der Waals surface area contributed by atoms with Crippen LogP contribution in [0.15, 0.2) is 73.1 Å². The second-order valence-corrected chi connectivity index (χ2v) is 15.4. The van der Waals surface area contributed by atoms with Gasteiger partial charge in [0.25, 0.3) is 0 Å². The lowest BCUT2D eigenvalue weighted by Gasteiger charge is -2.31. The molecule has 2 fully saturated rings. The van der Waals surface area contributed by atoms with Crippen molar-refractivity contribution in [1.29, 1.82) is 0 Å². The van der Waals surface area contributed by atoms with Crippen molar-refractivity contribution in [2.24, 2.45) is 11.8 Å². The molecule has 4 aromatic heterocycles. The molecule has 0 saturated carbocycles. The fraction of sp³-hybridized carbons (Fsp3) is 0.442. The van der Waals surface area contributed by atoms with Crippen LogP contribution in [0, 0.1) is 11.8 Å². The smallest absolute Gasteiger partial charge is 0.507 e. The molecular formula is C43H50F6N10O4. The van der Waals surface area contributed by atoms with Gasteiger partial charge >= 0.3 is 12.7 Å². The number of hydrogen-bond donors (Lipinski definition) is 3. The average Bonchev–Trinajstić information content (AvgIpc) is 3.89. The Kier molecular flexibility index (Phi) is 14.0. The molecule has 0 bridgehead atoms. The number of nitrogens with one attached hydrogen (secondary N) is 2. The van der Waals surface area contributed by atoms with Crippen LogP contribution in [-0.4, -0.2) is 116 Å². The van der Waals surface area contributed by atoms with Crippen LogP contribution < -0.4 is 24.8 Å². The molecule has 338 valence electrons. The fourth-order valence-corrected chi connectivity index (χ4v) is 7.82. The predicted molar refractivity (Wildman–Crippen MR) is 225 cm³/mol. The maximum atomic E-state index is 12.7. The Bertz CT molecular complexity index is 2440. The van der Waals surface area contributed by atoms with E-state index < -0.39 is 18.5 Å². The molecule has 20 heteroatoms. The summed E-state index contributed by atoms with van der Waals surface area (Å²) >= 11 is 0. The standard InChI is InChI=1S/C22H26F3N5O2.C21H24F3N5O2/c1-3-29-10-8-15(9-11-29)13-26-20-6-7-21-27-14-18(30(21)28-20)17-12-16(32-22(23,24)25)4-5-19(17)31-2;1-2-28-9-7-14(8-10-28)12-25-19-5-6-20-26-13-17(29(20)27-19)16-11-15(3-4-18(16)30)31-21(22,23)24/h4-7,12,14-15H,3,8-11,13H2,1-2H3,(H,26,28);3-6,11,13-14,30H,2,7-10,12H2,1H3,(H,25,27). The minimum absolute atomic E-state index is 0.144. The molecule has 14 nitrogen and oxygen atoms in total. The lowest BCUT2D eigenvalue weighted by atomic mass is 9.97. The normalized spacial score (nSPS) is 15.9. The lowest BCUT2D eigenvalue weighted by Crippen LogP contribution is -2.35. The molecule has 3 N–H and O–H groups in total. The van der Waals surface area contributed by atoms with Gasteiger partial charge in [0.05, 0.1) is 30.9 Å². The van der Waals surface area contributed by atoms with E-state index >= 15 is 0 Å². The first kappa shape index (κ1) is 45.0. The third-order valence-electron chi connectivity index (χ3n) is 11.3. The van der Waals surface area contributed by atoms with Crippen LogP contribution in [0.1, 0.15) is 39.5 Å². The maximum absolute atomic E-state index is 12.7. The number of piperidine rings is 2. The van der Waals surface area contributed by atoms with Crippen LogP contribution in [0.4, 0.5) is 38.0 Å². The van der Waals surface area contributed by atoms with Crippen molar-refractivity contribution < 1.29 is 45.7 Å². The number of ether oxygens (including phenoxy) is 3. The summed E-state index contributed by atoms with van der Waals surface area (Å²) in [5.41, 5.74) is 2.50. The zero-order valence-electron chi connectivity index (χ0n) is 35.1. The highest BCUT2D eigenvalue weighted by Crippen LogP contribution is 2.37. The van der Waals surface area contributed by atoms with Crippen molar-refractivity contribution in [3.63, 3.8) is 0 Å². The Morgan fingerprint density at radius 2 is 1.08 bits per heavy atom. The summed E-state index contributed by atoms with van der Waals surface area (Å²) in [5.74, 6) is 1.88. The SMILES string of the molecule is CCN1CCC(CNc2ccc3ncc(-c4cc(OC(F)(F)F)ccc4O)n3n2)CC1.CCN1CCC(CNc2ccc3ncc(-c4cc(OC(F)(F)F)ccc4OC)n3n2)CC1. The number of phenols is 1. The first-order valence-corrected chi connectivity index (χ1v) is 20.8. The Morgan fingerprint density at radius 1 is 0.635 bits per heavy atom. The van der Waals surface area contributed by atoms with E-state index in [9.17, 15) is 31.4 Å². The number of phenolic OH excluding ortho intramolecular Hbond substituents is 1. The first-order chi connectivity index (χ1) is 30.2. The van der Waals surface area contributed by atoms with Crippen molar-refractivity contribution >= 4 is 22.9 Å². The number of likely N-dealkylation sites (tertiary alicyclic amines) is 2. The van der Waals surface area contributed by atoms with Crippen LogP contribution in [0.3, 0.4) is 0 Å². The number of nitrogens with zero attached hydrogens (tertiary/aromatic N) is 8. The minimum atomic E-state index is -4.82. The number of aromatic nitrogens is 6. The topological polar surface area (TPSA) is 139 Å². The van der Waals surface area contributed by atoms with Gasteiger partial charge in [-0.1, -0.05) is 13.8 Å². The molecule has 63 heavy (non-hydrogen) atoms. The molecule has 2 aliphatic heterocycles. The van der Waals surface area contributed by atoms with E-state index in [-0.39, 0.29) is 17.1 Å². The van der Waals surface area contributed by atoms with Gasteiger partial charge in [0, 0.05) is 24.2 Å². The number of benzene rings is 2. The highest BCUT2D eigenvalue weighted by molar-refractivity contribution is 5.72. The monoisotopic (exact) mass is 884 g/mol. The molecule has 2 saturated heterocycles. The quantitative estimate of drug-likeness (QED) is 0.0958. The predicted octanol–water partition coefficient (Wildman–Crippen LogP) is 8.59. The zero-order chi connectivity index (χ0) is 44.7. The summed E-state index contributed by atoms with van der Waals surface area (Å²) in [6.07, 6.45) is -2.06. The number of rotatable bonds is 13. The number of imidazole rings is 2. The number of fused-ring (bicyclic) bond motifs is 2. The molecule has 8 rings (SSSR count). The van der Waals surface area contributed by atoms with E-state index in [1.807, 2.05) is 18.2 Å². The molecule has 6 aromatic rings. The number of methoxy groups -OCH3 is 1. The van der Waals surface area contributed by atoms with Gasteiger partial charge < -0.3 is 39.8 Å². The number of aromatic hydroxyl groups is 1. The zero-order valence-corrected chi connectivity index (χ0v) is 35.1. The molecule has 0 unspecified atom stereocenters. The van der Waals surface area contributed by atoms with Gasteiger partial charge in [0.1, 0.15) is 34.6 Å². The summed E-state index contributed by atoms with van der Waals surface area (Å²) in [7, 11) is 1.45. The average molecular weight is 885 g/mol. The number of anilines is 2. The van der Waals surface area contributed by atoms with Gasteiger partial charge in [-0.05, 0) is 137 Å². The van der Waals surface area contributed by atoms with E-state index in [4.69, 9.17) is 4.74 Å². The molecule has 2 aliphatic rings. The van der Waals surface area contributed by atoms with Crippen LogP contribution in [0.2, 0.25) is 0 Å². The summed E-state index contributed by atoms with van der Waals surface area (Å²) in [6.45, 7) is 12.5. The fourth-order valence-electron chi connectivity index (χ4n) is 7.82. The first-order valence-electron chi connectivity index (χ1n) is 20.8. The Balaban J connectivity index is 0.000000189. The summed E-state index contributed by atoms with van der Waals surface area (Å²) in [4.78, 5) is 13.5. The maximum Gasteiger partial charge on any atom is 0.573 e. The van der Waals surface area contributed by atoms with E-state index in [1.165, 1.54) is 36.0 Å². The van der Waals surface area contributed by atoms with Crippen molar-refractivity contribution in [2.75, 3.05) is 70.1 Å². The second-order valence-electron chi connectivity index (χ2n) is 15.4. The van der Waals surface area contributed by atoms with Crippen LogP contribution in [0.25, 0.3) is 33.8 Å². The van der Waals surface area contributed by atoms with Crippen LogP contribution in [-0.2, 0) is 0 Å². The molecule has 0 atom stereocenters. The number of alkyl halides is 6. The molecule has 0 radical (unpaired) electrons. The summed E-state index contributed by atoms with van der Waals surface area (Å²) in [5, 5.41) is 26.1. The molecule has 0 amide bonds. The number of hydrogen-bond acceptors (Lipinski definition) is 12. The molecule has 0 aliphatic carbocycles. The van der Waals surface area contributed by atoms with Gasteiger partial charge in [0.2, 0.25) is 0 Å². The van der Waals surface area contributed by atoms with Gasteiger partial charge in [-0.3, -0.25) is 0 Å². The lowest BCUT2D eigenvalue weighted by molar-refractivity contribution is -0.275. The highest BCUT2D eigenvalue weighted by atomic mass is 19.4. The van der Waals surface area contributed by atoms with Crippen LogP contribution in [0.5, 0.6) is 23.0 Å². The molecule has 0 spiro atoms. The third-order valence-corrected chi connectivity index (χ3v) is 11.3. The Labute approximate surface area is 359 Å².